The molecule has 0 saturated carbocycles. The number of imidazole rings is 1. The van der Waals surface area contributed by atoms with E-state index in [1.807, 2.05) is 43.8 Å². The Morgan fingerprint density at radius 3 is 2.89 bits per heavy atom. The first kappa shape index (κ1) is 13.1. The zero-order valence-electron chi connectivity index (χ0n) is 11.1. The number of nitrogens with zero attached hydrogens (tertiary/aromatic N) is 3. The summed E-state index contributed by atoms with van der Waals surface area (Å²) in [5, 5.41) is 7.60. The molecule has 3 N–H and O–H groups in total. The fourth-order valence-electron chi connectivity index (χ4n) is 2.06. The minimum Gasteiger partial charge on any atom is -0.384 e. The lowest BCUT2D eigenvalue weighted by Crippen LogP contribution is -2.24. The SMILES string of the molecule is CN(CCCn1ccnc1)c1ccccc1C(=N)N. The highest BCUT2D eigenvalue weighted by atomic mass is 15.1. The lowest BCUT2D eigenvalue weighted by atomic mass is 10.1. The van der Waals surface area contributed by atoms with E-state index in [0.717, 1.165) is 30.8 Å². The van der Waals surface area contributed by atoms with Crippen LogP contribution in [0.25, 0.3) is 0 Å². The molecule has 0 atom stereocenters. The van der Waals surface area contributed by atoms with E-state index in [1.54, 1.807) is 6.20 Å². The molecule has 5 nitrogen and oxygen atoms in total. The topological polar surface area (TPSA) is 70.9 Å². The first-order chi connectivity index (χ1) is 9.18. The minimum absolute atomic E-state index is 0.108. The van der Waals surface area contributed by atoms with Crippen LogP contribution in [0.15, 0.2) is 43.0 Å². The standard InChI is InChI=1S/C14H19N5/c1-18(8-4-9-19-10-7-17-11-19)13-6-3-2-5-12(13)14(15)16/h2-3,5-7,10-11H,4,8-9H2,1H3,(H3,15,16). The van der Waals surface area contributed by atoms with Crippen molar-refractivity contribution in [1.82, 2.24) is 9.55 Å². The molecule has 2 rings (SSSR count). The van der Waals surface area contributed by atoms with E-state index in [2.05, 4.69) is 14.5 Å². The highest BCUT2D eigenvalue weighted by Gasteiger charge is 2.08. The summed E-state index contributed by atoms with van der Waals surface area (Å²) in [6.45, 7) is 1.84. The van der Waals surface area contributed by atoms with E-state index >= 15 is 0 Å². The van der Waals surface area contributed by atoms with Crippen LogP contribution < -0.4 is 10.6 Å². The third-order valence-electron chi connectivity index (χ3n) is 3.07. The van der Waals surface area contributed by atoms with Crippen molar-refractivity contribution in [2.75, 3.05) is 18.5 Å². The van der Waals surface area contributed by atoms with Gasteiger partial charge in [0.2, 0.25) is 0 Å². The lowest BCUT2D eigenvalue weighted by Gasteiger charge is -2.22. The molecule has 0 amide bonds. The molecule has 5 heteroatoms. The van der Waals surface area contributed by atoms with Crippen molar-refractivity contribution in [2.24, 2.45) is 5.73 Å². The number of nitrogens with one attached hydrogen (secondary N) is 1. The van der Waals surface area contributed by atoms with Crippen molar-refractivity contribution < 1.29 is 0 Å². The second kappa shape index (κ2) is 6.04. The number of amidine groups is 1. The van der Waals surface area contributed by atoms with Crippen molar-refractivity contribution >= 4 is 11.5 Å². The molecule has 0 saturated heterocycles. The molecule has 0 aliphatic carbocycles. The second-order valence-electron chi connectivity index (χ2n) is 4.51. The van der Waals surface area contributed by atoms with E-state index in [0.29, 0.717) is 0 Å². The Morgan fingerprint density at radius 1 is 1.42 bits per heavy atom. The summed E-state index contributed by atoms with van der Waals surface area (Å²) in [4.78, 5) is 6.15. The number of aryl methyl sites for hydroxylation is 1. The molecule has 0 spiro atoms. The fourth-order valence-corrected chi connectivity index (χ4v) is 2.06. The van der Waals surface area contributed by atoms with E-state index in [9.17, 15) is 0 Å². The molecule has 1 heterocycles. The predicted octanol–water partition coefficient (Wildman–Crippen LogP) is 1.69. The summed E-state index contributed by atoms with van der Waals surface area (Å²) in [5.74, 6) is 0.108. The van der Waals surface area contributed by atoms with Gasteiger partial charge in [-0.3, -0.25) is 5.41 Å². The van der Waals surface area contributed by atoms with Crippen molar-refractivity contribution in [3.8, 4) is 0 Å². The van der Waals surface area contributed by atoms with E-state index < -0.39 is 0 Å². The summed E-state index contributed by atoms with van der Waals surface area (Å²) < 4.78 is 2.06. The average Bonchev–Trinajstić information content (AvgIpc) is 2.91. The number of nitrogen functional groups attached to an aromatic ring is 1. The molecular formula is C14H19N5. The second-order valence-corrected chi connectivity index (χ2v) is 4.51. The third kappa shape index (κ3) is 3.34. The zero-order valence-corrected chi connectivity index (χ0v) is 11.1. The summed E-state index contributed by atoms with van der Waals surface area (Å²) in [7, 11) is 2.02. The summed E-state index contributed by atoms with van der Waals surface area (Å²) in [6.07, 6.45) is 6.58. The van der Waals surface area contributed by atoms with E-state index in [4.69, 9.17) is 11.1 Å². The maximum Gasteiger partial charge on any atom is 0.124 e. The Bertz CT molecular complexity index is 533. The largest absolute Gasteiger partial charge is 0.384 e. The Hall–Kier alpha value is -2.30. The molecule has 19 heavy (non-hydrogen) atoms. The van der Waals surface area contributed by atoms with Crippen LogP contribution in [0.2, 0.25) is 0 Å². The summed E-state index contributed by atoms with van der Waals surface area (Å²) in [6, 6.07) is 7.74. The maximum atomic E-state index is 7.60. The molecule has 1 aromatic carbocycles. The number of benzene rings is 1. The van der Waals surface area contributed by atoms with Gasteiger partial charge in [0, 0.05) is 43.8 Å². The molecular weight excluding hydrogens is 238 g/mol. The highest BCUT2D eigenvalue weighted by molar-refractivity contribution is 6.00. The molecule has 1 aromatic heterocycles. The van der Waals surface area contributed by atoms with Crippen LogP contribution in [0.3, 0.4) is 0 Å². The average molecular weight is 257 g/mol. The number of aromatic nitrogens is 2. The van der Waals surface area contributed by atoms with Crippen molar-refractivity contribution in [1.29, 1.82) is 5.41 Å². The van der Waals surface area contributed by atoms with E-state index in [1.165, 1.54) is 0 Å². The molecule has 0 unspecified atom stereocenters. The molecule has 100 valence electrons. The Morgan fingerprint density at radius 2 is 2.21 bits per heavy atom. The van der Waals surface area contributed by atoms with Gasteiger partial charge in [-0.2, -0.15) is 0 Å². The molecule has 0 radical (unpaired) electrons. The van der Waals surface area contributed by atoms with Gasteiger partial charge in [0.15, 0.2) is 0 Å². The molecule has 0 bridgehead atoms. The lowest BCUT2D eigenvalue weighted by molar-refractivity contribution is 0.637. The highest BCUT2D eigenvalue weighted by Crippen LogP contribution is 2.18. The van der Waals surface area contributed by atoms with Crippen LogP contribution in [0.1, 0.15) is 12.0 Å². The number of hydrogen-bond acceptors (Lipinski definition) is 3. The van der Waals surface area contributed by atoms with Gasteiger partial charge < -0.3 is 15.2 Å². The minimum atomic E-state index is 0.108. The van der Waals surface area contributed by atoms with Gasteiger partial charge in [0.05, 0.1) is 6.33 Å². The number of anilines is 1. The quantitative estimate of drug-likeness (QED) is 0.611. The Kier molecular flexibility index (Phi) is 4.18. The Labute approximate surface area is 113 Å². The first-order valence-electron chi connectivity index (χ1n) is 6.29. The number of nitrogens with two attached hydrogens (primary N) is 1. The van der Waals surface area contributed by atoms with Crippen LogP contribution in [0, 0.1) is 5.41 Å². The zero-order chi connectivity index (χ0) is 13.7. The van der Waals surface area contributed by atoms with Crippen LogP contribution in [0.5, 0.6) is 0 Å². The molecule has 2 aromatic rings. The maximum absolute atomic E-state index is 7.60. The van der Waals surface area contributed by atoms with Crippen LogP contribution in [-0.4, -0.2) is 29.0 Å². The van der Waals surface area contributed by atoms with Crippen molar-refractivity contribution in [3.63, 3.8) is 0 Å². The smallest absolute Gasteiger partial charge is 0.124 e. The molecule has 0 fully saturated rings. The number of para-hydroxylation sites is 1. The predicted molar refractivity (Wildman–Crippen MR) is 77.6 cm³/mol. The normalized spacial score (nSPS) is 10.4. The van der Waals surface area contributed by atoms with Gasteiger partial charge >= 0.3 is 0 Å². The number of hydrogen-bond donors (Lipinski definition) is 2. The molecule has 0 aliphatic rings. The monoisotopic (exact) mass is 257 g/mol. The van der Waals surface area contributed by atoms with Gasteiger partial charge in [0.25, 0.3) is 0 Å². The van der Waals surface area contributed by atoms with Gasteiger partial charge in [-0.05, 0) is 18.6 Å². The van der Waals surface area contributed by atoms with Crippen LogP contribution in [-0.2, 0) is 6.54 Å². The van der Waals surface area contributed by atoms with Gasteiger partial charge in [-0.25, -0.2) is 4.98 Å². The fraction of sp³-hybridized carbons (Fsp3) is 0.286. The van der Waals surface area contributed by atoms with Crippen LogP contribution >= 0.6 is 0 Å². The van der Waals surface area contributed by atoms with Gasteiger partial charge in [-0.1, -0.05) is 12.1 Å². The van der Waals surface area contributed by atoms with E-state index in [-0.39, 0.29) is 5.84 Å². The van der Waals surface area contributed by atoms with Crippen LogP contribution in [0.4, 0.5) is 5.69 Å². The number of rotatable bonds is 6. The third-order valence-corrected chi connectivity index (χ3v) is 3.07. The molecule has 0 aliphatic heterocycles. The first-order valence-corrected chi connectivity index (χ1v) is 6.29. The van der Waals surface area contributed by atoms with Gasteiger partial charge in [-0.15, -0.1) is 0 Å². The Balaban J connectivity index is 1.96. The summed E-state index contributed by atoms with van der Waals surface area (Å²) in [5.41, 5.74) is 7.39. The summed E-state index contributed by atoms with van der Waals surface area (Å²) >= 11 is 0. The van der Waals surface area contributed by atoms with Crippen molar-refractivity contribution in [3.05, 3.63) is 48.5 Å². The van der Waals surface area contributed by atoms with Crippen molar-refractivity contribution in [2.45, 2.75) is 13.0 Å². The van der Waals surface area contributed by atoms with Gasteiger partial charge in [0.1, 0.15) is 5.84 Å².